The van der Waals surface area contributed by atoms with Gasteiger partial charge in [-0.15, -0.1) is 0 Å². The summed E-state index contributed by atoms with van der Waals surface area (Å²) in [5.74, 6) is -0.146. The molecule has 0 radical (unpaired) electrons. The SMILES string of the molecule is CCCCc1cc(C(C)C)cc(OC(=O)c2ccccc2)c1OC(=O)c1ccccc1. The lowest BCUT2D eigenvalue weighted by Gasteiger charge is -2.18. The minimum Gasteiger partial charge on any atom is -0.419 e. The first-order valence-electron chi connectivity index (χ1n) is 10.7. The van der Waals surface area contributed by atoms with Gasteiger partial charge < -0.3 is 9.47 Å². The number of aryl methyl sites for hydroxylation is 1. The number of unbranched alkanes of at least 4 members (excludes halogenated alkanes) is 1. The predicted octanol–water partition coefficient (Wildman–Crippen LogP) is 6.59. The van der Waals surface area contributed by atoms with E-state index in [1.165, 1.54) is 0 Å². The van der Waals surface area contributed by atoms with Crippen LogP contribution < -0.4 is 9.47 Å². The fourth-order valence-corrected chi connectivity index (χ4v) is 3.22. The molecule has 160 valence electrons. The molecule has 0 spiro atoms. The number of rotatable bonds is 8. The Morgan fingerprint density at radius 2 is 1.35 bits per heavy atom. The van der Waals surface area contributed by atoms with E-state index in [1.807, 2.05) is 18.2 Å². The van der Waals surface area contributed by atoms with E-state index in [0.29, 0.717) is 16.9 Å². The third kappa shape index (κ3) is 5.82. The summed E-state index contributed by atoms with van der Waals surface area (Å²) in [5, 5.41) is 0. The Hall–Kier alpha value is -3.40. The quantitative estimate of drug-likeness (QED) is 0.307. The highest BCUT2D eigenvalue weighted by Crippen LogP contribution is 2.37. The van der Waals surface area contributed by atoms with Gasteiger partial charge in [0.15, 0.2) is 11.5 Å². The lowest BCUT2D eigenvalue weighted by molar-refractivity contribution is 0.0680. The molecule has 0 amide bonds. The molecule has 0 N–H and O–H groups in total. The molecule has 0 aromatic heterocycles. The first-order chi connectivity index (χ1) is 15.0. The molecule has 3 aromatic carbocycles. The minimum atomic E-state index is -0.486. The van der Waals surface area contributed by atoms with Crippen LogP contribution >= 0.6 is 0 Å². The van der Waals surface area contributed by atoms with E-state index in [9.17, 15) is 9.59 Å². The second kappa shape index (κ2) is 10.6. The molecule has 0 unspecified atom stereocenters. The molecular formula is C27H28O4. The van der Waals surface area contributed by atoms with Gasteiger partial charge in [-0.3, -0.25) is 0 Å². The topological polar surface area (TPSA) is 52.6 Å². The van der Waals surface area contributed by atoms with E-state index < -0.39 is 11.9 Å². The summed E-state index contributed by atoms with van der Waals surface area (Å²) >= 11 is 0. The van der Waals surface area contributed by atoms with Crippen molar-refractivity contribution in [2.24, 2.45) is 0 Å². The largest absolute Gasteiger partial charge is 0.419 e. The number of esters is 2. The summed E-state index contributed by atoms with van der Waals surface area (Å²) in [6, 6.07) is 21.5. The van der Waals surface area contributed by atoms with Gasteiger partial charge >= 0.3 is 11.9 Å². The molecule has 0 heterocycles. The second-order valence-electron chi connectivity index (χ2n) is 7.78. The second-order valence-corrected chi connectivity index (χ2v) is 7.78. The predicted molar refractivity (Wildman–Crippen MR) is 122 cm³/mol. The molecule has 0 aliphatic rings. The van der Waals surface area contributed by atoms with E-state index >= 15 is 0 Å². The van der Waals surface area contributed by atoms with Crippen molar-refractivity contribution < 1.29 is 19.1 Å². The van der Waals surface area contributed by atoms with Crippen LogP contribution in [-0.4, -0.2) is 11.9 Å². The molecule has 0 fully saturated rings. The summed E-state index contributed by atoms with van der Waals surface area (Å²) in [4.78, 5) is 25.6. The fourth-order valence-electron chi connectivity index (χ4n) is 3.22. The lowest BCUT2D eigenvalue weighted by atomic mass is 9.97. The highest BCUT2D eigenvalue weighted by Gasteiger charge is 2.21. The maximum atomic E-state index is 12.8. The van der Waals surface area contributed by atoms with Crippen molar-refractivity contribution in [3.05, 3.63) is 95.1 Å². The highest BCUT2D eigenvalue weighted by atomic mass is 16.6. The molecule has 31 heavy (non-hydrogen) atoms. The molecule has 3 rings (SSSR count). The van der Waals surface area contributed by atoms with Crippen molar-refractivity contribution >= 4 is 11.9 Å². The van der Waals surface area contributed by atoms with Gasteiger partial charge in [-0.2, -0.15) is 0 Å². The Kier molecular flexibility index (Phi) is 7.60. The van der Waals surface area contributed by atoms with Crippen molar-refractivity contribution in [2.75, 3.05) is 0 Å². The molecule has 0 aliphatic heterocycles. The minimum absolute atomic E-state index is 0.230. The maximum absolute atomic E-state index is 12.8. The van der Waals surface area contributed by atoms with Gasteiger partial charge in [-0.25, -0.2) is 9.59 Å². The average molecular weight is 417 g/mol. The summed E-state index contributed by atoms with van der Waals surface area (Å²) < 4.78 is 11.6. The van der Waals surface area contributed by atoms with Crippen LogP contribution in [0.4, 0.5) is 0 Å². The maximum Gasteiger partial charge on any atom is 0.343 e. The molecule has 0 saturated heterocycles. The van der Waals surface area contributed by atoms with E-state index in [-0.39, 0.29) is 11.7 Å². The first-order valence-corrected chi connectivity index (χ1v) is 10.7. The van der Waals surface area contributed by atoms with E-state index in [0.717, 1.165) is 30.4 Å². The Morgan fingerprint density at radius 3 is 1.87 bits per heavy atom. The Labute approximate surface area is 183 Å². The summed E-state index contributed by atoms with van der Waals surface area (Å²) in [6.45, 7) is 6.27. The van der Waals surface area contributed by atoms with Crippen molar-refractivity contribution in [1.82, 2.24) is 0 Å². The van der Waals surface area contributed by atoms with Gasteiger partial charge in [0.25, 0.3) is 0 Å². The van der Waals surface area contributed by atoms with Crippen LogP contribution in [-0.2, 0) is 6.42 Å². The normalized spacial score (nSPS) is 10.7. The number of hydrogen-bond acceptors (Lipinski definition) is 4. The van der Waals surface area contributed by atoms with Gasteiger partial charge in [-0.1, -0.05) is 69.7 Å². The third-order valence-corrected chi connectivity index (χ3v) is 5.04. The zero-order valence-corrected chi connectivity index (χ0v) is 18.3. The molecule has 0 aliphatic carbocycles. The van der Waals surface area contributed by atoms with Crippen LogP contribution in [0.25, 0.3) is 0 Å². The zero-order valence-electron chi connectivity index (χ0n) is 18.3. The van der Waals surface area contributed by atoms with Crippen LogP contribution in [0, 0.1) is 0 Å². The number of carbonyl (C=O) groups is 2. The molecule has 4 heteroatoms. The van der Waals surface area contributed by atoms with Crippen LogP contribution in [0.5, 0.6) is 11.5 Å². The standard InChI is InChI=1S/C27H28O4/c1-4-5-12-22-17-23(19(2)3)18-24(30-26(28)20-13-8-6-9-14-20)25(22)31-27(29)21-15-10-7-11-16-21/h6-11,13-19H,4-5,12H2,1-3H3. The van der Waals surface area contributed by atoms with E-state index in [2.05, 4.69) is 20.8 Å². The Morgan fingerprint density at radius 1 is 0.806 bits per heavy atom. The van der Waals surface area contributed by atoms with Crippen LogP contribution in [0.15, 0.2) is 72.8 Å². The number of benzene rings is 3. The highest BCUT2D eigenvalue weighted by molar-refractivity contribution is 5.93. The molecule has 0 saturated carbocycles. The average Bonchev–Trinajstić information content (AvgIpc) is 2.79. The summed E-state index contributed by atoms with van der Waals surface area (Å²) in [5.41, 5.74) is 2.78. The lowest BCUT2D eigenvalue weighted by Crippen LogP contribution is -2.14. The van der Waals surface area contributed by atoms with Gasteiger partial charge in [0.2, 0.25) is 0 Å². The van der Waals surface area contributed by atoms with Crippen LogP contribution in [0.3, 0.4) is 0 Å². The summed E-state index contributed by atoms with van der Waals surface area (Å²) in [6.07, 6.45) is 2.66. The van der Waals surface area contributed by atoms with Crippen molar-refractivity contribution in [3.8, 4) is 11.5 Å². The van der Waals surface area contributed by atoms with Gasteiger partial charge in [0.05, 0.1) is 11.1 Å². The number of hydrogen-bond donors (Lipinski definition) is 0. The van der Waals surface area contributed by atoms with Gasteiger partial charge in [0, 0.05) is 0 Å². The van der Waals surface area contributed by atoms with Crippen molar-refractivity contribution in [3.63, 3.8) is 0 Å². The third-order valence-electron chi connectivity index (χ3n) is 5.04. The number of carbonyl (C=O) groups excluding carboxylic acids is 2. The molecule has 0 atom stereocenters. The van der Waals surface area contributed by atoms with Crippen LogP contribution in [0.1, 0.15) is 71.4 Å². The molecular weight excluding hydrogens is 388 g/mol. The van der Waals surface area contributed by atoms with Gasteiger partial charge in [0.1, 0.15) is 0 Å². The monoisotopic (exact) mass is 416 g/mol. The zero-order chi connectivity index (χ0) is 22.2. The molecule has 0 bridgehead atoms. The van der Waals surface area contributed by atoms with E-state index in [1.54, 1.807) is 54.6 Å². The van der Waals surface area contributed by atoms with E-state index in [4.69, 9.17) is 9.47 Å². The summed E-state index contributed by atoms with van der Waals surface area (Å²) in [7, 11) is 0. The van der Waals surface area contributed by atoms with Gasteiger partial charge in [-0.05, 0) is 60.2 Å². The Balaban J connectivity index is 2.03. The smallest absolute Gasteiger partial charge is 0.343 e. The fraction of sp³-hybridized carbons (Fsp3) is 0.259. The van der Waals surface area contributed by atoms with Crippen molar-refractivity contribution in [1.29, 1.82) is 0 Å². The van der Waals surface area contributed by atoms with Crippen LogP contribution in [0.2, 0.25) is 0 Å². The Bertz CT molecular complexity index is 1020. The van der Waals surface area contributed by atoms with Crippen molar-refractivity contribution in [2.45, 2.75) is 46.0 Å². The molecule has 4 nitrogen and oxygen atoms in total. The number of ether oxygens (including phenoxy) is 2. The molecule has 3 aromatic rings. The first kappa shape index (κ1) is 22.3.